The fraction of sp³-hybridized carbons (Fsp3) is 0.235. The fourth-order valence-corrected chi connectivity index (χ4v) is 2.42. The average molecular weight is 315 g/mol. The number of carboxylic acid groups (broad SMARTS) is 1. The summed E-state index contributed by atoms with van der Waals surface area (Å²) in [5.41, 5.74) is 2.02. The molecule has 120 valence electrons. The van der Waals surface area contributed by atoms with E-state index in [4.69, 9.17) is 5.11 Å². The minimum absolute atomic E-state index is 0.0270. The van der Waals surface area contributed by atoms with E-state index < -0.39 is 17.0 Å². The van der Waals surface area contributed by atoms with Crippen molar-refractivity contribution in [2.45, 2.75) is 25.4 Å². The molecule has 0 aliphatic heterocycles. The summed E-state index contributed by atoms with van der Waals surface area (Å²) < 4.78 is 0. The van der Waals surface area contributed by atoms with Crippen LogP contribution in [0.1, 0.15) is 24.8 Å². The van der Waals surface area contributed by atoms with Crippen molar-refractivity contribution < 1.29 is 19.9 Å². The monoisotopic (exact) mass is 315 g/mol. The van der Waals surface area contributed by atoms with Gasteiger partial charge in [0.25, 0.3) is 5.69 Å². The van der Waals surface area contributed by atoms with Crippen LogP contribution in [-0.4, -0.2) is 27.2 Å². The molecule has 0 amide bonds. The Morgan fingerprint density at radius 2 is 1.78 bits per heavy atom. The number of hydrogen-bond acceptors (Lipinski definition) is 4. The van der Waals surface area contributed by atoms with Crippen LogP contribution in [0.25, 0.3) is 11.1 Å². The number of aliphatic carboxylic acids is 1. The van der Waals surface area contributed by atoms with Gasteiger partial charge in [0.1, 0.15) is 0 Å². The zero-order valence-corrected chi connectivity index (χ0v) is 12.5. The third-order valence-corrected chi connectivity index (χ3v) is 3.81. The van der Waals surface area contributed by atoms with E-state index in [1.54, 1.807) is 49.4 Å². The van der Waals surface area contributed by atoms with Gasteiger partial charge in [0.15, 0.2) is 0 Å². The number of para-hydroxylation sites is 1. The summed E-state index contributed by atoms with van der Waals surface area (Å²) in [4.78, 5) is 21.3. The number of carbonyl (C=O) groups is 1. The number of aliphatic hydroxyl groups excluding tert-OH is 1. The molecule has 0 radical (unpaired) electrons. The molecule has 6 nitrogen and oxygen atoms in total. The highest BCUT2D eigenvalue weighted by molar-refractivity contribution is 5.73. The molecule has 2 aromatic rings. The molecule has 2 rings (SSSR count). The Bertz CT molecular complexity index is 711. The molecule has 2 atom stereocenters. The molecule has 0 aliphatic carbocycles. The maximum Gasteiger partial charge on any atom is 0.305 e. The van der Waals surface area contributed by atoms with Gasteiger partial charge in [0.2, 0.25) is 0 Å². The van der Waals surface area contributed by atoms with Crippen molar-refractivity contribution >= 4 is 11.7 Å². The lowest BCUT2D eigenvalue weighted by atomic mass is 9.92. The molecule has 0 aromatic heterocycles. The number of nitro groups is 1. The molecule has 0 spiro atoms. The van der Waals surface area contributed by atoms with Gasteiger partial charge in [-0.1, -0.05) is 43.3 Å². The van der Waals surface area contributed by atoms with Crippen molar-refractivity contribution in [2.24, 2.45) is 0 Å². The van der Waals surface area contributed by atoms with E-state index in [9.17, 15) is 20.0 Å². The summed E-state index contributed by atoms with van der Waals surface area (Å²) in [5, 5.41) is 29.7. The fourth-order valence-electron chi connectivity index (χ4n) is 2.42. The van der Waals surface area contributed by atoms with E-state index >= 15 is 0 Å². The molecule has 2 unspecified atom stereocenters. The minimum Gasteiger partial charge on any atom is -0.481 e. The smallest absolute Gasteiger partial charge is 0.305 e. The predicted octanol–water partition coefficient (Wildman–Crippen LogP) is 3.20. The minimum atomic E-state index is -1.05. The van der Waals surface area contributed by atoms with Crippen LogP contribution in [0.2, 0.25) is 0 Å². The van der Waals surface area contributed by atoms with Crippen molar-refractivity contribution in [3.8, 4) is 11.1 Å². The van der Waals surface area contributed by atoms with E-state index in [-0.39, 0.29) is 18.0 Å². The summed E-state index contributed by atoms with van der Waals surface area (Å²) >= 11 is 0. The molecule has 0 fully saturated rings. The van der Waals surface area contributed by atoms with E-state index in [0.29, 0.717) is 11.1 Å². The molecule has 0 bridgehead atoms. The van der Waals surface area contributed by atoms with Crippen LogP contribution >= 0.6 is 0 Å². The lowest BCUT2D eigenvalue weighted by Gasteiger charge is -2.18. The standard InChI is InChI=1S/C17H17NO5/c1-11(16(19)10-17(20)21)12-6-8-13(9-7-12)14-4-2-3-5-15(14)18(22)23/h2-9,11,16,19H,10H2,1H3,(H,20,21). The number of hydrogen-bond donors (Lipinski definition) is 2. The number of carboxylic acids is 1. The van der Waals surface area contributed by atoms with Gasteiger partial charge in [-0.15, -0.1) is 0 Å². The first-order chi connectivity index (χ1) is 10.9. The topological polar surface area (TPSA) is 101 Å². The van der Waals surface area contributed by atoms with Crippen molar-refractivity contribution in [1.82, 2.24) is 0 Å². The van der Waals surface area contributed by atoms with Gasteiger partial charge < -0.3 is 10.2 Å². The first-order valence-electron chi connectivity index (χ1n) is 7.13. The number of aliphatic hydroxyl groups is 1. The molecule has 0 saturated carbocycles. The highest BCUT2D eigenvalue weighted by Gasteiger charge is 2.20. The lowest BCUT2D eigenvalue weighted by Crippen LogP contribution is -2.19. The van der Waals surface area contributed by atoms with Gasteiger partial charge in [-0.25, -0.2) is 0 Å². The second-order valence-electron chi connectivity index (χ2n) is 5.35. The average Bonchev–Trinajstić information content (AvgIpc) is 2.53. The molecule has 0 saturated heterocycles. The largest absolute Gasteiger partial charge is 0.481 e. The molecular formula is C17H17NO5. The second kappa shape index (κ2) is 7.02. The molecule has 6 heteroatoms. The van der Waals surface area contributed by atoms with Crippen LogP contribution in [0.4, 0.5) is 5.69 Å². The summed E-state index contributed by atoms with van der Waals surface area (Å²) in [6.45, 7) is 1.74. The Balaban J connectivity index is 2.27. The third-order valence-electron chi connectivity index (χ3n) is 3.81. The summed E-state index contributed by atoms with van der Waals surface area (Å²) in [5.74, 6) is -1.40. The van der Waals surface area contributed by atoms with Gasteiger partial charge in [0.05, 0.1) is 23.0 Å². The SMILES string of the molecule is CC(c1ccc(-c2ccccc2[N+](=O)[O-])cc1)C(O)CC(=O)O. The van der Waals surface area contributed by atoms with Gasteiger partial charge in [-0.05, 0) is 17.2 Å². The van der Waals surface area contributed by atoms with Crippen molar-refractivity contribution in [3.05, 3.63) is 64.2 Å². The quantitative estimate of drug-likeness (QED) is 0.629. The Kier molecular flexibility index (Phi) is 5.08. The molecule has 0 heterocycles. The van der Waals surface area contributed by atoms with Crippen LogP contribution in [0.5, 0.6) is 0 Å². The Labute approximate surface area is 133 Å². The van der Waals surface area contributed by atoms with Crippen LogP contribution < -0.4 is 0 Å². The Morgan fingerprint density at radius 1 is 1.17 bits per heavy atom. The van der Waals surface area contributed by atoms with E-state index in [0.717, 1.165) is 5.56 Å². The van der Waals surface area contributed by atoms with Crippen LogP contribution in [0.15, 0.2) is 48.5 Å². The highest BCUT2D eigenvalue weighted by atomic mass is 16.6. The molecule has 0 aliphatic rings. The first-order valence-corrected chi connectivity index (χ1v) is 7.13. The van der Waals surface area contributed by atoms with Gasteiger partial charge in [0, 0.05) is 12.0 Å². The highest BCUT2D eigenvalue weighted by Crippen LogP contribution is 2.31. The van der Waals surface area contributed by atoms with E-state index in [1.807, 2.05) is 0 Å². The molecule has 23 heavy (non-hydrogen) atoms. The van der Waals surface area contributed by atoms with E-state index in [1.165, 1.54) is 6.07 Å². The summed E-state index contributed by atoms with van der Waals surface area (Å²) in [7, 11) is 0. The summed E-state index contributed by atoms with van der Waals surface area (Å²) in [6.07, 6.45) is -1.31. The number of benzene rings is 2. The van der Waals surface area contributed by atoms with Crippen LogP contribution in [-0.2, 0) is 4.79 Å². The van der Waals surface area contributed by atoms with Crippen molar-refractivity contribution in [1.29, 1.82) is 0 Å². The van der Waals surface area contributed by atoms with Crippen LogP contribution in [0, 0.1) is 10.1 Å². The zero-order chi connectivity index (χ0) is 17.0. The predicted molar refractivity (Wildman–Crippen MR) is 85.2 cm³/mol. The van der Waals surface area contributed by atoms with Gasteiger partial charge in [-0.3, -0.25) is 14.9 Å². The van der Waals surface area contributed by atoms with Crippen molar-refractivity contribution in [3.63, 3.8) is 0 Å². The number of rotatable bonds is 6. The molecular weight excluding hydrogens is 298 g/mol. The summed E-state index contributed by atoms with van der Waals surface area (Å²) in [6, 6.07) is 13.4. The molecule has 2 N–H and O–H groups in total. The maximum absolute atomic E-state index is 11.1. The van der Waals surface area contributed by atoms with Crippen LogP contribution in [0.3, 0.4) is 0 Å². The van der Waals surface area contributed by atoms with E-state index in [2.05, 4.69) is 0 Å². The first kappa shape index (κ1) is 16.6. The van der Waals surface area contributed by atoms with Gasteiger partial charge in [-0.2, -0.15) is 0 Å². The maximum atomic E-state index is 11.1. The Morgan fingerprint density at radius 3 is 2.35 bits per heavy atom. The molecule has 2 aromatic carbocycles. The zero-order valence-electron chi connectivity index (χ0n) is 12.5. The lowest BCUT2D eigenvalue weighted by molar-refractivity contribution is -0.384. The normalized spacial score (nSPS) is 13.3. The van der Waals surface area contributed by atoms with Gasteiger partial charge >= 0.3 is 5.97 Å². The van der Waals surface area contributed by atoms with Crippen molar-refractivity contribution in [2.75, 3.05) is 0 Å². The number of nitro benzene ring substituents is 1. The second-order valence-corrected chi connectivity index (χ2v) is 5.35. The number of nitrogens with zero attached hydrogens (tertiary/aromatic N) is 1. The Hall–Kier alpha value is -2.73. The third kappa shape index (κ3) is 3.92.